The zero-order valence-electron chi connectivity index (χ0n) is 15.6. The third kappa shape index (κ3) is 6.41. The van der Waals surface area contributed by atoms with Crippen molar-refractivity contribution in [3.8, 4) is 5.75 Å². The summed E-state index contributed by atoms with van der Waals surface area (Å²) in [6, 6.07) is 7.75. The number of hydrogen-bond acceptors (Lipinski definition) is 6. The molecule has 27 heavy (non-hydrogen) atoms. The zero-order chi connectivity index (χ0) is 19.6. The highest BCUT2D eigenvalue weighted by atomic mass is 32.2. The number of amides is 2. The van der Waals surface area contributed by atoms with Crippen LogP contribution in [0.25, 0.3) is 0 Å². The predicted molar refractivity (Wildman–Crippen MR) is 104 cm³/mol. The molecule has 2 rings (SSSR count). The molecule has 150 valence electrons. The van der Waals surface area contributed by atoms with Crippen LogP contribution in [-0.2, 0) is 16.0 Å². The molecular formula is C19H28N2O5S. The first-order chi connectivity index (χ1) is 13.1. The van der Waals surface area contributed by atoms with Crippen molar-refractivity contribution < 1.29 is 24.6 Å². The molecular weight excluding hydrogens is 368 g/mol. The first-order valence-corrected chi connectivity index (χ1v) is 10.4. The molecule has 0 aliphatic carbocycles. The van der Waals surface area contributed by atoms with E-state index in [9.17, 15) is 14.7 Å². The highest BCUT2D eigenvalue weighted by Gasteiger charge is 2.34. The summed E-state index contributed by atoms with van der Waals surface area (Å²) in [5.74, 6) is 0.494. The lowest BCUT2D eigenvalue weighted by atomic mass is 9.92. The van der Waals surface area contributed by atoms with Crippen molar-refractivity contribution in [1.29, 1.82) is 0 Å². The Morgan fingerprint density at radius 2 is 1.93 bits per heavy atom. The highest BCUT2D eigenvalue weighted by molar-refractivity contribution is 7.99. The second kappa shape index (κ2) is 11.2. The van der Waals surface area contributed by atoms with E-state index in [4.69, 9.17) is 9.94 Å². The van der Waals surface area contributed by atoms with Gasteiger partial charge in [-0.05, 0) is 43.9 Å². The molecule has 0 aromatic heterocycles. The van der Waals surface area contributed by atoms with Gasteiger partial charge in [0.05, 0.1) is 12.5 Å². The van der Waals surface area contributed by atoms with Gasteiger partial charge in [-0.15, -0.1) is 0 Å². The maximum atomic E-state index is 12.8. The van der Waals surface area contributed by atoms with Crippen LogP contribution in [0.3, 0.4) is 0 Å². The molecule has 1 aliphatic heterocycles. The number of ether oxygens (including phenoxy) is 1. The van der Waals surface area contributed by atoms with E-state index in [0.717, 1.165) is 29.2 Å². The number of hydroxylamine groups is 1. The van der Waals surface area contributed by atoms with Crippen molar-refractivity contribution >= 4 is 23.6 Å². The number of carbonyl (C=O) groups excluding carboxylic acids is 2. The van der Waals surface area contributed by atoms with Gasteiger partial charge in [-0.3, -0.25) is 14.8 Å². The van der Waals surface area contributed by atoms with Crippen LogP contribution in [-0.4, -0.2) is 64.3 Å². The molecule has 1 aliphatic rings. The molecule has 0 saturated carbocycles. The van der Waals surface area contributed by atoms with Crippen molar-refractivity contribution in [1.82, 2.24) is 10.4 Å². The van der Waals surface area contributed by atoms with E-state index < -0.39 is 17.9 Å². The summed E-state index contributed by atoms with van der Waals surface area (Å²) in [6.07, 6.45) is 0.171. The summed E-state index contributed by atoms with van der Waals surface area (Å²) in [6.45, 7) is 3.78. The molecule has 1 aromatic carbocycles. The van der Waals surface area contributed by atoms with Gasteiger partial charge in [-0.1, -0.05) is 12.1 Å². The molecule has 0 radical (unpaired) electrons. The van der Waals surface area contributed by atoms with Crippen LogP contribution in [0.5, 0.6) is 5.75 Å². The van der Waals surface area contributed by atoms with E-state index in [2.05, 4.69) is 0 Å². The number of nitrogens with one attached hydrogen (secondary N) is 1. The van der Waals surface area contributed by atoms with Crippen LogP contribution in [0.15, 0.2) is 24.3 Å². The number of carbonyl (C=O) groups is 2. The summed E-state index contributed by atoms with van der Waals surface area (Å²) in [5.41, 5.74) is 2.55. The summed E-state index contributed by atoms with van der Waals surface area (Å²) >= 11 is 1.78. The molecule has 1 heterocycles. The largest absolute Gasteiger partial charge is 0.494 e. The average molecular weight is 397 g/mol. The third-order valence-corrected chi connectivity index (χ3v) is 5.56. The van der Waals surface area contributed by atoms with Gasteiger partial charge in [0, 0.05) is 24.6 Å². The lowest BCUT2D eigenvalue weighted by molar-refractivity contribution is -0.150. The van der Waals surface area contributed by atoms with Crippen LogP contribution in [0.4, 0.5) is 0 Å². The van der Waals surface area contributed by atoms with Crippen LogP contribution in [0, 0.1) is 5.92 Å². The number of hydrogen-bond donors (Lipinski definition) is 3. The maximum absolute atomic E-state index is 12.8. The van der Waals surface area contributed by atoms with Gasteiger partial charge in [0.2, 0.25) is 5.91 Å². The van der Waals surface area contributed by atoms with Crippen molar-refractivity contribution in [2.24, 2.45) is 5.92 Å². The molecule has 8 heteroatoms. The second-order valence-corrected chi connectivity index (χ2v) is 7.66. The number of benzene rings is 1. The van der Waals surface area contributed by atoms with Crippen molar-refractivity contribution in [2.45, 2.75) is 32.3 Å². The molecule has 2 atom stereocenters. The normalized spacial score (nSPS) is 16.5. The van der Waals surface area contributed by atoms with E-state index in [-0.39, 0.29) is 5.91 Å². The van der Waals surface area contributed by atoms with Crippen LogP contribution < -0.4 is 10.2 Å². The van der Waals surface area contributed by atoms with Gasteiger partial charge in [0.15, 0.2) is 0 Å². The molecule has 7 nitrogen and oxygen atoms in total. The smallest absolute Gasteiger partial charge is 0.272 e. The lowest BCUT2D eigenvalue weighted by Gasteiger charge is -2.31. The van der Waals surface area contributed by atoms with E-state index in [0.29, 0.717) is 32.5 Å². The Kier molecular flexibility index (Phi) is 8.90. The third-order valence-electron chi connectivity index (χ3n) is 4.61. The fraction of sp³-hybridized carbons (Fsp3) is 0.579. The molecule has 3 N–H and O–H groups in total. The molecule has 2 unspecified atom stereocenters. The molecule has 1 saturated heterocycles. The average Bonchev–Trinajstić information content (AvgIpc) is 2.71. The van der Waals surface area contributed by atoms with Crippen LogP contribution in [0.1, 0.15) is 25.3 Å². The Balaban J connectivity index is 1.96. The number of rotatable bonds is 9. The van der Waals surface area contributed by atoms with Gasteiger partial charge in [-0.25, -0.2) is 5.48 Å². The van der Waals surface area contributed by atoms with Crippen LogP contribution in [0.2, 0.25) is 0 Å². The van der Waals surface area contributed by atoms with E-state index in [1.807, 2.05) is 31.2 Å². The van der Waals surface area contributed by atoms with Gasteiger partial charge >= 0.3 is 0 Å². The molecule has 2 amide bonds. The van der Waals surface area contributed by atoms with Gasteiger partial charge in [-0.2, -0.15) is 11.8 Å². The summed E-state index contributed by atoms with van der Waals surface area (Å²) in [7, 11) is 0. The van der Waals surface area contributed by atoms with Gasteiger partial charge < -0.3 is 14.7 Å². The maximum Gasteiger partial charge on any atom is 0.272 e. The van der Waals surface area contributed by atoms with E-state index in [1.54, 1.807) is 16.7 Å². The molecule has 1 aromatic rings. The first kappa shape index (κ1) is 21.5. The molecule has 0 bridgehead atoms. The number of aliphatic hydroxyl groups excluding tert-OH is 1. The zero-order valence-corrected chi connectivity index (χ0v) is 16.4. The minimum Gasteiger partial charge on any atom is -0.494 e. The Hall–Kier alpha value is -1.77. The fourth-order valence-electron chi connectivity index (χ4n) is 3.13. The first-order valence-electron chi connectivity index (χ1n) is 9.27. The summed E-state index contributed by atoms with van der Waals surface area (Å²) in [5, 5.41) is 19.0. The lowest BCUT2D eigenvalue weighted by Crippen LogP contribution is -2.48. The van der Waals surface area contributed by atoms with Gasteiger partial charge in [0.1, 0.15) is 11.9 Å². The van der Waals surface area contributed by atoms with E-state index in [1.165, 1.54) is 5.48 Å². The number of nitrogens with zero attached hydrogens (tertiary/aromatic N) is 1. The topological polar surface area (TPSA) is 99.1 Å². The fourth-order valence-corrected chi connectivity index (χ4v) is 4.03. The Morgan fingerprint density at radius 3 is 2.52 bits per heavy atom. The Bertz CT molecular complexity index is 605. The van der Waals surface area contributed by atoms with Crippen molar-refractivity contribution in [3.63, 3.8) is 0 Å². The quantitative estimate of drug-likeness (QED) is 0.432. The Labute approximate surface area is 164 Å². The molecule has 0 spiro atoms. The second-order valence-electron chi connectivity index (χ2n) is 6.43. The SMILES string of the molecule is CCOc1ccc(CCCC(C(=O)N2CCSCC2)C(O)C(=O)NO)cc1. The predicted octanol–water partition coefficient (Wildman–Crippen LogP) is 1.47. The van der Waals surface area contributed by atoms with Gasteiger partial charge in [0.25, 0.3) is 5.91 Å². The van der Waals surface area contributed by atoms with Crippen molar-refractivity contribution in [2.75, 3.05) is 31.2 Å². The number of thioether (sulfide) groups is 1. The van der Waals surface area contributed by atoms with E-state index >= 15 is 0 Å². The summed E-state index contributed by atoms with van der Waals surface area (Å²) < 4.78 is 5.42. The monoisotopic (exact) mass is 396 g/mol. The Morgan fingerprint density at radius 1 is 1.26 bits per heavy atom. The minimum atomic E-state index is -1.56. The summed E-state index contributed by atoms with van der Waals surface area (Å²) in [4.78, 5) is 26.2. The number of aliphatic hydroxyl groups is 1. The minimum absolute atomic E-state index is 0.224. The highest BCUT2D eigenvalue weighted by Crippen LogP contribution is 2.21. The van der Waals surface area contributed by atoms with Crippen LogP contribution >= 0.6 is 11.8 Å². The standard InChI is InChI=1S/C19H28N2O5S/c1-2-26-15-8-6-14(7-9-15)4-3-5-16(17(22)18(23)20-25)19(24)21-10-12-27-13-11-21/h6-9,16-17,22,25H,2-5,10-13H2,1H3,(H,20,23). The van der Waals surface area contributed by atoms with Crippen molar-refractivity contribution in [3.05, 3.63) is 29.8 Å². The molecule has 1 fully saturated rings. The number of aryl methyl sites for hydroxylation is 1.